The highest BCUT2D eigenvalue weighted by Gasteiger charge is 2.42. The second-order valence-electron chi connectivity index (χ2n) is 5.86. The number of rotatable bonds is 3. The van der Waals surface area contributed by atoms with Crippen molar-refractivity contribution in [1.82, 2.24) is 0 Å². The SMILES string of the molecule is CC(C)Oc1ccc2c(c1)N(C)C(=O)N(c1ccccc1Cl)S2(=O)=O. The molecule has 0 atom stereocenters. The molecule has 0 radical (unpaired) electrons. The van der Waals surface area contributed by atoms with E-state index < -0.39 is 16.1 Å². The normalized spacial score (nSPS) is 16.1. The standard InChI is InChI=1S/C17H17ClN2O4S/c1-11(2)24-12-8-9-16-15(10-12)19(3)17(21)20(25(16,22)23)14-7-5-4-6-13(14)18/h4-11H,1-3H3. The van der Waals surface area contributed by atoms with Gasteiger partial charge in [-0.15, -0.1) is 0 Å². The number of nitrogens with zero attached hydrogens (tertiary/aromatic N) is 2. The van der Waals surface area contributed by atoms with Gasteiger partial charge in [-0.2, -0.15) is 4.31 Å². The van der Waals surface area contributed by atoms with Crippen LogP contribution in [0.5, 0.6) is 5.75 Å². The number of fused-ring (bicyclic) bond motifs is 1. The highest BCUT2D eigenvalue weighted by atomic mass is 35.5. The Morgan fingerprint density at radius 1 is 1.08 bits per heavy atom. The Labute approximate surface area is 151 Å². The van der Waals surface area contributed by atoms with Gasteiger partial charge in [-0.05, 0) is 38.1 Å². The maximum absolute atomic E-state index is 13.0. The lowest BCUT2D eigenvalue weighted by atomic mass is 10.2. The van der Waals surface area contributed by atoms with E-state index in [0.717, 1.165) is 4.31 Å². The van der Waals surface area contributed by atoms with E-state index in [0.29, 0.717) is 5.75 Å². The number of hydrogen-bond donors (Lipinski definition) is 0. The number of hydrogen-bond acceptors (Lipinski definition) is 4. The summed E-state index contributed by atoms with van der Waals surface area (Å²) in [5.41, 5.74) is 0.389. The molecule has 0 saturated heterocycles. The minimum absolute atomic E-state index is 0.0191. The second-order valence-corrected chi connectivity index (χ2v) is 8.02. The minimum Gasteiger partial charge on any atom is -0.491 e. The van der Waals surface area contributed by atoms with Gasteiger partial charge in [0.2, 0.25) is 0 Å². The van der Waals surface area contributed by atoms with Crippen molar-refractivity contribution in [1.29, 1.82) is 0 Å². The van der Waals surface area contributed by atoms with E-state index >= 15 is 0 Å². The van der Waals surface area contributed by atoms with Gasteiger partial charge in [-0.3, -0.25) is 4.90 Å². The summed E-state index contributed by atoms with van der Waals surface area (Å²) >= 11 is 6.11. The topological polar surface area (TPSA) is 66.9 Å². The average Bonchev–Trinajstić information content (AvgIpc) is 2.54. The van der Waals surface area contributed by atoms with E-state index in [1.807, 2.05) is 13.8 Å². The summed E-state index contributed by atoms with van der Waals surface area (Å²) in [5, 5.41) is 0.177. The van der Waals surface area contributed by atoms with Crippen molar-refractivity contribution >= 4 is 39.0 Å². The monoisotopic (exact) mass is 380 g/mol. The molecule has 0 saturated carbocycles. The number of benzene rings is 2. The number of sulfonamides is 1. The average molecular weight is 381 g/mol. The molecule has 6 nitrogen and oxygen atoms in total. The Morgan fingerprint density at radius 2 is 1.76 bits per heavy atom. The Kier molecular flexibility index (Phi) is 4.38. The van der Waals surface area contributed by atoms with Crippen LogP contribution in [-0.2, 0) is 10.0 Å². The molecule has 1 aliphatic rings. The minimum atomic E-state index is -4.08. The second kappa shape index (κ2) is 6.24. The summed E-state index contributed by atoms with van der Waals surface area (Å²) in [7, 11) is -2.57. The molecule has 2 amide bonds. The van der Waals surface area contributed by atoms with Crippen LogP contribution in [0.3, 0.4) is 0 Å². The van der Waals surface area contributed by atoms with E-state index in [1.165, 1.54) is 30.1 Å². The van der Waals surface area contributed by atoms with Gasteiger partial charge >= 0.3 is 6.03 Å². The number of para-hydroxylation sites is 1. The smallest absolute Gasteiger partial charge is 0.343 e. The van der Waals surface area contributed by atoms with Crippen LogP contribution in [0.15, 0.2) is 47.4 Å². The first-order chi connectivity index (χ1) is 11.7. The van der Waals surface area contributed by atoms with E-state index in [2.05, 4.69) is 0 Å². The highest BCUT2D eigenvalue weighted by molar-refractivity contribution is 7.94. The van der Waals surface area contributed by atoms with Crippen LogP contribution >= 0.6 is 11.6 Å². The predicted octanol–water partition coefficient (Wildman–Crippen LogP) is 3.89. The summed E-state index contributed by atoms with van der Waals surface area (Å²) in [4.78, 5) is 14.1. The van der Waals surface area contributed by atoms with Gasteiger partial charge in [0.05, 0.1) is 22.5 Å². The van der Waals surface area contributed by atoms with Crippen LogP contribution in [0, 0.1) is 0 Å². The van der Waals surface area contributed by atoms with Crippen LogP contribution in [-0.4, -0.2) is 27.6 Å². The molecule has 0 fully saturated rings. The summed E-state index contributed by atoms with van der Waals surface area (Å²) in [6.45, 7) is 3.73. The third-order valence-corrected chi connectivity index (χ3v) is 5.77. The molecule has 3 rings (SSSR count). The molecule has 0 spiro atoms. The first-order valence-corrected chi connectivity index (χ1v) is 9.43. The number of anilines is 2. The van der Waals surface area contributed by atoms with Crippen LogP contribution in [0.1, 0.15) is 13.8 Å². The van der Waals surface area contributed by atoms with Gasteiger partial charge in [0, 0.05) is 13.1 Å². The molecular weight excluding hydrogens is 364 g/mol. The zero-order valence-corrected chi connectivity index (χ0v) is 15.5. The maximum atomic E-state index is 13.0. The molecular formula is C17H17ClN2O4S. The van der Waals surface area contributed by atoms with Gasteiger partial charge in [-0.1, -0.05) is 23.7 Å². The van der Waals surface area contributed by atoms with Crippen molar-refractivity contribution < 1.29 is 17.9 Å². The molecule has 1 aliphatic heterocycles. The van der Waals surface area contributed by atoms with Crippen molar-refractivity contribution in [3.8, 4) is 5.75 Å². The number of amides is 2. The van der Waals surface area contributed by atoms with E-state index in [4.69, 9.17) is 16.3 Å². The lowest BCUT2D eigenvalue weighted by Crippen LogP contribution is -2.49. The number of ether oxygens (including phenoxy) is 1. The zero-order valence-electron chi connectivity index (χ0n) is 13.9. The fourth-order valence-electron chi connectivity index (χ4n) is 2.61. The highest BCUT2D eigenvalue weighted by Crippen LogP contribution is 2.40. The molecule has 0 aliphatic carbocycles. The van der Waals surface area contributed by atoms with Crippen molar-refractivity contribution in [2.75, 3.05) is 16.3 Å². The van der Waals surface area contributed by atoms with Gasteiger partial charge in [0.1, 0.15) is 10.6 Å². The number of carbonyl (C=O) groups excluding carboxylic acids is 1. The van der Waals surface area contributed by atoms with Crippen LogP contribution < -0.4 is 13.9 Å². The molecule has 8 heteroatoms. The predicted molar refractivity (Wildman–Crippen MR) is 97.1 cm³/mol. The Hall–Kier alpha value is -2.25. The van der Waals surface area contributed by atoms with Crippen LogP contribution in [0.2, 0.25) is 5.02 Å². The van der Waals surface area contributed by atoms with Gasteiger partial charge in [0.15, 0.2) is 0 Å². The van der Waals surface area contributed by atoms with E-state index in [9.17, 15) is 13.2 Å². The first kappa shape index (κ1) is 17.6. The van der Waals surface area contributed by atoms with E-state index in [1.54, 1.807) is 24.3 Å². The fraction of sp³-hybridized carbons (Fsp3) is 0.235. The Morgan fingerprint density at radius 3 is 2.40 bits per heavy atom. The number of carbonyl (C=O) groups is 1. The van der Waals surface area contributed by atoms with Crippen molar-refractivity contribution in [3.63, 3.8) is 0 Å². The maximum Gasteiger partial charge on any atom is 0.343 e. The lowest BCUT2D eigenvalue weighted by molar-refractivity contribution is 0.242. The molecule has 2 aromatic rings. The van der Waals surface area contributed by atoms with Gasteiger partial charge < -0.3 is 4.74 Å². The van der Waals surface area contributed by atoms with Crippen molar-refractivity contribution in [2.24, 2.45) is 0 Å². The van der Waals surface area contributed by atoms with Gasteiger partial charge in [-0.25, -0.2) is 13.2 Å². The molecule has 1 heterocycles. The number of halogens is 1. The van der Waals surface area contributed by atoms with Crippen molar-refractivity contribution in [2.45, 2.75) is 24.8 Å². The molecule has 132 valence electrons. The third kappa shape index (κ3) is 2.94. The zero-order chi connectivity index (χ0) is 18.4. The fourth-order valence-corrected chi connectivity index (χ4v) is 4.53. The van der Waals surface area contributed by atoms with E-state index in [-0.39, 0.29) is 27.4 Å². The summed E-state index contributed by atoms with van der Waals surface area (Å²) in [6, 6.07) is 10.2. The molecule has 0 N–H and O–H groups in total. The lowest BCUT2D eigenvalue weighted by Gasteiger charge is -2.34. The molecule has 0 bridgehead atoms. The molecule has 2 aromatic carbocycles. The largest absolute Gasteiger partial charge is 0.491 e. The summed E-state index contributed by atoms with van der Waals surface area (Å²) in [5.74, 6) is 0.495. The summed E-state index contributed by atoms with van der Waals surface area (Å²) in [6.07, 6.45) is -0.0705. The van der Waals surface area contributed by atoms with Crippen LogP contribution in [0.25, 0.3) is 0 Å². The summed E-state index contributed by atoms with van der Waals surface area (Å²) < 4.78 is 32.4. The van der Waals surface area contributed by atoms with Crippen molar-refractivity contribution in [3.05, 3.63) is 47.5 Å². The first-order valence-electron chi connectivity index (χ1n) is 7.61. The number of urea groups is 1. The van der Waals surface area contributed by atoms with Gasteiger partial charge in [0.25, 0.3) is 10.0 Å². The molecule has 0 unspecified atom stereocenters. The Bertz CT molecular complexity index is 943. The Balaban J connectivity index is 2.17. The van der Waals surface area contributed by atoms with Crippen LogP contribution in [0.4, 0.5) is 16.2 Å². The molecule has 0 aromatic heterocycles. The third-order valence-electron chi connectivity index (χ3n) is 3.71. The molecule has 25 heavy (non-hydrogen) atoms. The quantitative estimate of drug-likeness (QED) is 0.810.